The number of aliphatic hydroxyl groups is 3. The van der Waals surface area contributed by atoms with E-state index in [-0.39, 0.29) is 13.2 Å². The van der Waals surface area contributed by atoms with Crippen molar-refractivity contribution in [2.45, 2.75) is 62.2 Å². The summed E-state index contributed by atoms with van der Waals surface area (Å²) in [6.45, 7) is 0.253. The third kappa shape index (κ3) is 8.84. The minimum absolute atomic E-state index is 0.0305. The molecule has 0 spiro atoms. The lowest BCUT2D eigenvalue weighted by Gasteiger charge is -2.32. The molecule has 206 valence electrons. The van der Waals surface area contributed by atoms with Gasteiger partial charge in [0.15, 0.2) is 6.10 Å². The maximum atomic E-state index is 13.4. The molecule has 38 heavy (non-hydrogen) atoms. The molecule has 0 heterocycles. The van der Waals surface area contributed by atoms with Crippen molar-refractivity contribution in [3.05, 3.63) is 93.4 Å². The predicted molar refractivity (Wildman–Crippen MR) is 154 cm³/mol. The Labute approximate surface area is 240 Å². The molecule has 4 N–H and O–H groups in total. The van der Waals surface area contributed by atoms with Crippen molar-refractivity contribution in [3.63, 3.8) is 0 Å². The van der Waals surface area contributed by atoms with Gasteiger partial charge in [0.25, 0.3) is 5.91 Å². The summed E-state index contributed by atoms with van der Waals surface area (Å²) >= 11 is 6.38. The summed E-state index contributed by atoms with van der Waals surface area (Å²) < 4.78 is 11.6. The van der Waals surface area contributed by atoms with E-state index in [1.807, 2.05) is 54.6 Å². The van der Waals surface area contributed by atoms with Crippen LogP contribution >= 0.6 is 31.9 Å². The molecule has 9 heteroatoms. The average molecular weight is 653 g/mol. The lowest BCUT2D eigenvalue weighted by molar-refractivity contribution is -0.158. The van der Waals surface area contributed by atoms with Crippen molar-refractivity contribution in [1.29, 1.82) is 0 Å². The SMILES string of the molecule is O=C(NC1c2ccccc2C[C@H]1O)[C@H](OC/C=C/Br)[C@H](O)[C@@H](O)[C@H](CCCc1ccccc1)OC/C=C/Br. The molecule has 1 aliphatic carbocycles. The number of nitrogens with one attached hydrogen (secondary N) is 1. The molecule has 2 aromatic carbocycles. The van der Waals surface area contributed by atoms with E-state index in [2.05, 4.69) is 37.2 Å². The molecule has 1 unspecified atom stereocenters. The van der Waals surface area contributed by atoms with E-state index in [9.17, 15) is 20.1 Å². The van der Waals surface area contributed by atoms with Gasteiger partial charge >= 0.3 is 0 Å². The third-order valence-corrected chi connectivity index (χ3v) is 7.30. The van der Waals surface area contributed by atoms with E-state index in [0.717, 1.165) is 17.5 Å². The fourth-order valence-electron chi connectivity index (χ4n) is 4.63. The molecule has 6 atom stereocenters. The van der Waals surface area contributed by atoms with Gasteiger partial charge in [-0.25, -0.2) is 0 Å². The second-order valence-corrected chi connectivity index (χ2v) is 10.2. The van der Waals surface area contributed by atoms with Crippen LogP contribution in [-0.2, 0) is 27.1 Å². The number of ether oxygens (including phenoxy) is 2. The molecule has 0 aromatic heterocycles. The summed E-state index contributed by atoms with van der Waals surface area (Å²) in [5.41, 5.74) is 2.95. The van der Waals surface area contributed by atoms with Crippen LogP contribution in [0.2, 0.25) is 0 Å². The first-order chi connectivity index (χ1) is 18.5. The van der Waals surface area contributed by atoms with Gasteiger partial charge in [0.05, 0.1) is 31.5 Å². The van der Waals surface area contributed by atoms with Gasteiger partial charge in [-0.1, -0.05) is 98.6 Å². The highest BCUT2D eigenvalue weighted by Gasteiger charge is 2.40. The lowest BCUT2D eigenvalue weighted by Crippen LogP contribution is -2.53. The highest BCUT2D eigenvalue weighted by Crippen LogP contribution is 2.31. The largest absolute Gasteiger partial charge is 0.390 e. The maximum Gasteiger partial charge on any atom is 0.252 e. The maximum absolute atomic E-state index is 13.4. The van der Waals surface area contributed by atoms with Crippen molar-refractivity contribution in [2.24, 2.45) is 0 Å². The number of carbonyl (C=O) groups excluding carboxylic acids is 1. The van der Waals surface area contributed by atoms with Crippen molar-refractivity contribution in [3.8, 4) is 0 Å². The second kappa shape index (κ2) is 16.3. The molecule has 0 fully saturated rings. The number of rotatable bonds is 15. The van der Waals surface area contributed by atoms with Crippen LogP contribution in [0.4, 0.5) is 0 Å². The highest BCUT2D eigenvalue weighted by atomic mass is 79.9. The highest BCUT2D eigenvalue weighted by molar-refractivity contribution is 9.11. The Kier molecular flexibility index (Phi) is 13.2. The van der Waals surface area contributed by atoms with E-state index in [4.69, 9.17) is 9.47 Å². The van der Waals surface area contributed by atoms with E-state index in [1.165, 1.54) is 5.56 Å². The number of carbonyl (C=O) groups is 1. The van der Waals surface area contributed by atoms with Crippen LogP contribution in [0.3, 0.4) is 0 Å². The zero-order valence-electron chi connectivity index (χ0n) is 21.0. The van der Waals surface area contributed by atoms with Gasteiger partial charge in [0, 0.05) is 6.42 Å². The van der Waals surface area contributed by atoms with E-state index >= 15 is 0 Å². The molecule has 0 bridgehead atoms. The van der Waals surface area contributed by atoms with Gasteiger partial charge in [-0.3, -0.25) is 4.79 Å². The van der Waals surface area contributed by atoms with Crippen LogP contribution in [0.5, 0.6) is 0 Å². The second-order valence-electron chi connectivity index (χ2n) is 9.16. The summed E-state index contributed by atoms with van der Waals surface area (Å²) in [4.78, 5) is 16.6. The Morgan fingerprint density at radius 1 is 0.974 bits per heavy atom. The molecule has 0 saturated heterocycles. The van der Waals surface area contributed by atoms with Gasteiger partial charge in [-0.05, 0) is 45.9 Å². The number of aliphatic hydroxyl groups excluding tert-OH is 3. The summed E-state index contributed by atoms with van der Waals surface area (Å²) in [7, 11) is 0. The number of halogens is 2. The molecule has 1 amide bonds. The molecule has 0 aliphatic heterocycles. The summed E-state index contributed by atoms with van der Waals surface area (Å²) in [5, 5.41) is 35.8. The van der Waals surface area contributed by atoms with Gasteiger partial charge < -0.3 is 30.1 Å². The fourth-order valence-corrected chi connectivity index (χ4v) is 4.93. The summed E-state index contributed by atoms with van der Waals surface area (Å²) in [6.07, 6.45) is -0.124. The Morgan fingerprint density at radius 3 is 2.34 bits per heavy atom. The first kappa shape index (κ1) is 30.7. The van der Waals surface area contributed by atoms with Crippen LogP contribution in [0.15, 0.2) is 76.7 Å². The number of hydrogen-bond donors (Lipinski definition) is 4. The third-order valence-electron chi connectivity index (χ3n) is 6.55. The quantitative estimate of drug-likeness (QED) is 0.231. The van der Waals surface area contributed by atoms with Crippen LogP contribution in [-0.4, -0.2) is 65.0 Å². The number of benzene rings is 2. The average Bonchev–Trinajstić information content (AvgIpc) is 3.24. The summed E-state index contributed by atoms with van der Waals surface area (Å²) in [6, 6.07) is 16.9. The Hall–Kier alpha value is -1.85. The summed E-state index contributed by atoms with van der Waals surface area (Å²) in [5.74, 6) is -0.622. The van der Waals surface area contributed by atoms with Gasteiger partial charge in [0.2, 0.25) is 0 Å². The predicted octanol–water partition coefficient (Wildman–Crippen LogP) is 4.09. The standard InChI is InChI=1S/C29H35Br2NO6/c30-15-7-17-37-24(14-6-11-20-9-2-1-3-10-20)26(34)27(35)28(38-18-8-16-31)29(36)32-25-22-13-5-4-12-21(22)19-23(25)33/h1-5,7-10,12-13,15-16,23-28,33-35H,6,11,14,17-19H2,(H,32,36)/b15-7+,16-8+/t23-,24+,25?,26+,27-,28-/m1/s1. The van der Waals surface area contributed by atoms with E-state index in [1.54, 1.807) is 22.1 Å². The lowest BCUT2D eigenvalue weighted by atomic mass is 9.96. The monoisotopic (exact) mass is 651 g/mol. The first-order valence-corrected chi connectivity index (χ1v) is 14.5. The molecular formula is C29H35Br2NO6. The molecule has 0 saturated carbocycles. The number of fused-ring (bicyclic) bond motifs is 1. The molecular weight excluding hydrogens is 618 g/mol. The van der Waals surface area contributed by atoms with E-state index in [0.29, 0.717) is 19.3 Å². The molecule has 0 radical (unpaired) electrons. The smallest absolute Gasteiger partial charge is 0.252 e. The van der Waals surface area contributed by atoms with Gasteiger partial charge in [-0.15, -0.1) is 0 Å². The minimum atomic E-state index is -1.57. The van der Waals surface area contributed by atoms with Crippen LogP contribution in [0.1, 0.15) is 35.6 Å². The van der Waals surface area contributed by atoms with Crippen molar-refractivity contribution in [1.82, 2.24) is 5.32 Å². The van der Waals surface area contributed by atoms with Crippen LogP contribution in [0, 0.1) is 0 Å². The Bertz CT molecular complexity index is 1050. The van der Waals surface area contributed by atoms with Gasteiger partial charge in [-0.2, -0.15) is 0 Å². The molecule has 2 aromatic rings. The minimum Gasteiger partial charge on any atom is -0.390 e. The van der Waals surface area contributed by atoms with Crippen molar-refractivity contribution >= 4 is 37.8 Å². The fraction of sp³-hybridized carbons (Fsp3) is 0.414. The van der Waals surface area contributed by atoms with Crippen LogP contribution < -0.4 is 5.32 Å². The van der Waals surface area contributed by atoms with Crippen molar-refractivity contribution < 1.29 is 29.6 Å². The normalized spacial score (nSPS) is 20.3. The number of aryl methyl sites for hydroxylation is 1. The zero-order valence-corrected chi connectivity index (χ0v) is 24.2. The molecule has 3 rings (SSSR count). The van der Waals surface area contributed by atoms with Crippen molar-refractivity contribution in [2.75, 3.05) is 13.2 Å². The zero-order chi connectivity index (χ0) is 27.3. The van der Waals surface area contributed by atoms with Crippen LogP contribution in [0.25, 0.3) is 0 Å². The molecule has 7 nitrogen and oxygen atoms in total. The number of amides is 1. The Balaban J connectivity index is 1.72. The first-order valence-electron chi connectivity index (χ1n) is 12.7. The van der Waals surface area contributed by atoms with Gasteiger partial charge in [0.1, 0.15) is 12.2 Å². The molecule has 1 aliphatic rings. The Morgan fingerprint density at radius 2 is 1.63 bits per heavy atom. The topological polar surface area (TPSA) is 108 Å². The number of hydrogen-bond acceptors (Lipinski definition) is 6. The van der Waals surface area contributed by atoms with E-state index < -0.39 is 42.5 Å².